The third-order valence-corrected chi connectivity index (χ3v) is 3.84. The summed E-state index contributed by atoms with van der Waals surface area (Å²) in [5, 5.41) is 18.9. The van der Waals surface area contributed by atoms with Crippen LogP contribution in [0.2, 0.25) is 0 Å². The van der Waals surface area contributed by atoms with E-state index in [4.69, 9.17) is 5.26 Å². The Hall–Kier alpha value is -1.57. The van der Waals surface area contributed by atoms with Crippen LogP contribution >= 0.6 is 0 Å². The van der Waals surface area contributed by atoms with Gasteiger partial charge in [0.25, 0.3) is 0 Å². The molecule has 4 nitrogen and oxygen atoms in total. The van der Waals surface area contributed by atoms with Crippen molar-refractivity contribution in [1.29, 1.82) is 5.26 Å². The molecule has 2 rings (SSSR count). The van der Waals surface area contributed by atoms with Crippen molar-refractivity contribution in [3.8, 4) is 6.07 Å². The standard InChI is InChI=1S/C15H21N3O/c1-11(19)14-5-4-12(9-16)8-15(14)18-7-6-13(10-18)17(2)3/h4-5,8,11,13,19H,6-7,10H2,1-3H3/t11-,13?/m0/s1. The summed E-state index contributed by atoms with van der Waals surface area (Å²) in [7, 11) is 4.19. The second kappa shape index (κ2) is 5.60. The smallest absolute Gasteiger partial charge is 0.0992 e. The van der Waals surface area contributed by atoms with Crippen LogP contribution in [-0.4, -0.2) is 43.2 Å². The quantitative estimate of drug-likeness (QED) is 0.898. The van der Waals surface area contributed by atoms with Crippen LogP contribution in [0.3, 0.4) is 0 Å². The van der Waals surface area contributed by atoms with E-state index in [9.17, 15) is 5.11 Å². The number of nitrogens with zero attached hydrogens (tertiary/aromatic N) is 3. The van der Waals surface area contributed by atoms with E-state index in [1.807, 2.05) is 12.1 Å². The van der Waals surface area contributed by atoms with E-state index in [0.29, 0.717) is 11.6 Å². The summed E-state index contributed by atoms with van der Waals surface area (Å²) in [6.45, 7) is 3.68. The lowest BCUT2D eigenvalue weighted by Crippen LogP contribution is -2.31. The Morgan fingerprint density at radius 1 is 1.47 bits per heavy atom. The molecular formula is C15H21N3O. The second-order valence-corrected chi connectivity index (χ2v) is 5.41. The fourth-order valence-electron chi connectivity index (χ4n) is 2.62. The lowest BCUT2D eigenvalue weighted by atomic mass is 10.0. The number of aliphatic hydroxyl groups excluding tert-OH is 1. The average molecular weight is 259 g/mol. The number of likely N-dealkylation sites (N-methyl/N-ethyl adjacent to an activating group) is 1. The molecule has 1 N–H and O–H groups in total. The molecule has 1 aliphatic rings. The monoisotopic (exact) mass is 259 g/mol. The number of hydrogen-bond acceptors (Lipinski definition) is 4. The summed E-state index contributed by atoms with van der Waals surface area (Å²) in [5.41, 5.74) is 2.55. The normalized spacial score (nSPS) is 20.6. The van der Waals surface area contributed by atoms with Crippen LogP contribution in [0.15, 0.2) is 18.2 Å². The Balaban J connectivity index is 2.31. The van der Waals surface area contributed by atoms with E-state index >= 15 is 0 Å². The van der Waals surface area contributed by atoms with Crippen molar-refractivity contribution in [3.05, 3.63) is 29.3 Å². The van der Waals surface area contributed by atoms with Gasteiger partial charge in [-0.15, -0.1) is 0 Å². The molecular weight excluding hydrogens is 238 g/mol. The number of anilines is 1. The molecule has 0 bridgehead atoms. The summed E-state index contributed by atoms with van der Waals surface area (Å²) in [5.74, 6) is 0. The van der Waals surface area contributed by atoms with Gasteiger partial charge in [0.1, 0.15) is 0 Å². The van der Waals surface area contributed by atoms with Crippen LogP contribution in [-0.2, 0) is 0 Å². The Kier molecular flexibility index (Phi) is 4.08. The minimum absolute atomic E-state index is 0.513. The van der Waals surface area contributed by atoms with Gasteiger partial charge in [-0.2, -0.15) is 5.26 Å². The number of hydrogen-bond donors (Lipinski definition) is 1. The molecule has 0 amide bonds. The molecule has 0 aromatic heterocycles. The molecule has 1 heterocycles. The second-order valence-electron chi connectivity index (χ2n) is 5.41. The van der Waals surface area contributed by atoms with E-state index in [0.717, 1.165) is 30.8 Å². The van der Waals surface area contributed by atoms with Crippen LogP contribution < -0.4 is 4.90 Å². The highest BCUT2D eigenvalue weighted by Crippen LogP contribution is 2.30. The van der Waals surface area contributed by atoms with Crippen molar-refractivity contribution >= 4 is 5.69 Å². The van der Waals surface area contributed by atoms with Crippen LogP contribution in [0.4, 0.5) is 5.69 Å². The maximum Gasteiger partial charge on any atom is 0.0992 e. The molecule has 1 unspecified atom stereocenters. The van der Waals surface area contributed by atoms with Crippen molar-refractivity contribution in [2.24, 2.45) is 0 Å². The van der Waals surface area contributed by atoms with Crippen molar-refractivity contribution in [2.45, 2.75) is 25.5 Å². The van der Waals surface area contributed by atoms with Gasteiger partial charge in [-0.1, -0.05) is 6.07 Å². The molecule has 1 saturated heterocycles. The molecule has 0 aliphatic carbocycles. The summed E-state index contributed by atoms with van der Waals surface area (Å²) in [4.78, 5) is 4.50. The highest BCUT2D eigenvalue weighted by Gasteiger charge is 2.26. The van der Waals surface area contributed by atoms with E-state index in [1.165, 1.54) is 0 Å². The fourth-order valence-corrected chi connectivity index (χ4v) is 2.62. The zero-order valence-electron chi connectivity index (χ0n) is 11.8. The van der Waals surface area contributed by atoms with E-state index < -0.39 is 6.10 Å². The zero-order valence-corrected chi connectivity index (χ0v) is 11.8. The first-order chi connectivity index (χ1) is 9.02. The molecule has 1 fully saturated rings. The summed E-state index contributed by atoms with van der Waals surface area (Å²) in [6, 6.07) is 8.23. The minimum Gasteiger partial charge on any atom is -0.389 e. The third-order valence-electron chi connectivity index (χ3n) is 3.84. The first-order valence-electron chi connectivity index (χ1n) is 6.66. The van der Waals surface area contributed by atoms with Gasteiger partial charge in [-0.05, 0) is 39.6 Å². The largest absolute Gasteiger partial charge is 0.389 e. The molecule has 0 radical (unpaired) electrons. The fraction of sp³-hybridized carbons (Fsp3) is 0.533. The van der Waals surface area contributed by atoms with E-state index in [-0.39, 0.29) is 0 Å². The van der Waals surface area contributed by atoms with Crippen molar-refractivity contribution < 1.29 is 5.11 Å². The van der Waals surface area contributed by atoms with Crippen molar-refractivity contribution in [2.75, 3.05) is 32.1 Å². The van der Waals surface area contributed by atoms with Gasteiger partial charge in [-0.3, -0.25) is 0 Å². The van der Waals surface area contributed by atoms with Gasteiger partial charge in [0.2, 0.25) is 0 Å². The maximum absolute atomic E-state index is 9.88. The van der Waals surface area contributed by atoms with Gasteiger partial charge in [0.05, 0.1) is 17.7 Å². The van der Waals surface area contributed by atoms with E-state index in [1.54, 1.807) is 13.0 Å². The van der Waals surface area contributed by atoms with Crippen LogP contribution in [0.25, 0.3) is 0 Å². The lowest BCUT2D eigenvalue weighted by Gasteiger charge is -2.25. The highest BCUT2D eigenvalue weighted by molar-refractivity contribution is 5.59. The third kappa shape index (κ3) is 2.89. The Labute approximate surface area is 114 Å². The zero-order chi connectivity index (χ0) is 14.0. The topological polar surface area (TPSA) is 50.5 Å². The molecule has 4 heteroatoms. The number of benzene rings is 1. The van der Waals surface area contributed by atoms with Crippen LogP contribution in [0.1, 0.15) is 30.6 Å². The Bertz CT molecular complexity index is 491. The van der Waals surface area contributed by atoms with Gasteiger partial charge < -0.3 is 14.9 Å². The van der Waals surface area contributed by atoms with Gasteiger partial charge in [-0.25, -0.2) is 0 Å². The number of aliphatic hydroxyl groups is 1. The predicted octanol–water partition coefficient (Wildman–Crippen LogP) is 1.75. The Morgan fingerprint density at radius 3 is 2.74 bits per heavy atom. The predicted molar refractivity (Wildman–Crippen MR) is 76.1 cm³/mol. The molecule has 1 aromatic rings. The molecule has 102 valence electrons. The lowest BCUT2D eigenvalue weighted by molar-refractivity contribution is 0.199. The molecule has 1 aromatic carbocycles. The SMILES string of the molecule is C[C@H](O)c1ccc(C#N)cc1N1CCC(N(C)C)C1. The number of rotatable bonds is 3. The molecule has 1 aliphatic heterocycles. The summed E-state index contributed by atoms with van der Waals surface area (Å²) in [6.07, 6.45) is 0.601. The van der Waals surface area contributed by atoms with Gasteiger partial charge in [0.15, 0.2) is 0 Å². The van der Waals surface area contributed by atoms with Gasteiger partial charge >= 0.3 is 0 Å². The highest BCUT2D eigenvalue weighted by atomic mass is 16.3. The van der Waals surface area contributed by atoms with Crippen LogP contribution in [0.5, 0.6) is 0 Å². The average Bonchev–Trinajstić information content (AvgIpc) is 2.87. The first kappa shape index (κ1) is 13.9. The molecule has 2 atom stereocenters. The van der Waals surface area contributed by atoms with E-state index in [2.05, 4.69) is 30.0 Å². The summed E-state index contributed by atoms with van der Waals surface area (Å²) < 4.78 is 0. The molecule has 0 spiro atoms. The van der Waals surface area contributed by atoms with Crippen molar-refractivity contribution in [3.63, 3.8) is 0 Å². The first-order valence-corrected chi connectivity index (χ1v) is 6.66. The Morgan fingerprint density at radius 2 is 2.21 bits per heavy atom. The minimum atomic E-state index is -0.513. The molecule has 19 heavy (non-hydrogen) atoms. The van der Waals surface area contributed by atoms with Crippen LogP contribution in [0, 0.1) is 11.3 Å². The molecule has 0 saturated carbocycles. The summed E-state index contributed by atoms with van der Waals surface area (Å²) >= 11 is 0. The van der Waals surface area contributed by atoms with Crippen molar-refractivity contribution in [1.82, 2.24) is 4.90 Å². The van der Waals surface area contributed by atoms with Gasteiger partial charge in [0, 0.05) is 30.4 Å². The maximum atomic E-state index is 9.88. The number of nitriles is 1.